The number of aromatic nitrogens is 2. The van der Waals surface area contributed by atoms with Gasteiger partial charge in [-0.3, -0.25) is 10.1 Å². The van der Waals surface area contributed by atoms with Gasteiger partial charge in [0.15, 0.2) is 0 Å². The van der Waals surface area contributed by atoms with Gasteiger partial charge in [0.25, 0.3) is 0 Å². The van der Waals surface area contributed by atoms with E-state index in [1.807, 2.05) is 6.92 Å². The van der Waals surface area contributed by atoms with Crippen molar-refractivity contribution in [3.63, 3.8) is 0 Å². The number of carbonyl (C=O) groups is 1. The van der Waals surface area contributed by atoms with Crippen LogP contribution < -0.4 is 11.1 Å². The lowest BCUT2D eigenvalue weighted by molar-refractivity contribution is -0.117. The Balaban J connectivity index is 2.44. The van der Waals surface area contributed by atoms with Crippen molar-refractivity contribution in [3.05, 3.63) is 5.01 Å². The first-order valence-electron chi connectivity index (χ1n) is 5.05. The molecule has 1 aromatic rings. The van der Waals surface area contributed by atoms with Crippen LogP contribution in [0.5, 0.6) is 0 Å². The highest BCUT2D eigenvalue weighted by atomic mass is 32.1. The van der Waals surface area contributed by atoms with E-state index in [4.69, 9.17) is 10.5 Å². The van der Waals surface area contributed by atoms with Crippen molar-refractivity contribution < 1.29 is 9.53 Å². The lowest BCUT2D eigenvalue weighted by atomic mass is 10.2. The van der Waals surface area contributed by atoms with Crippen molar-refractivity contribution in [1.82, 2.24) is 10.2 Å². The molecule has 0 aliphatic rings. The molecular weight excluding hydrogens is 228 g/mol. The molecule has 0 aromatic carbocycles. The maximum absolute atomic E-state index is 11.6. The fraction of sp³-hybridized carbons (Fsp3) is 0.667. The number of aryl methyl sites for hydroxylation is 1. The molecule has 7 heteroatoms. The normalized spacial score (nSPS) is 12.4. The lowest BCUT2D eigenvalue weighted by Gasteiger charge is -2.09. The topological polar surface area (TPSA) is 90.1 Å². The number of anilines is 1. The van der Waals surface area contributed by atoms with Crippen molar-refractivity contribution in [3.8, 4) is 0 Å². The van der Waals surface area contributed by atoms with Gasteiger partial charge in [-0.15, -0.1) is 10.2 Å². The van der Waals surface area contributed by atoms with E-state index in [0.717, 1.165) is 11.4 Å². The molecule has 1 heterocycles. The molecule has 1 atom stereocenters. The highest BCUT2D eigenvalue weighted by Crippen LogP contribution is 2.15. The van der Waals surface area contributed by atoms with Crippen LogP contribution >= 0.6 is 11.3 Å². The second-order valence-electron chi connectivity index (χ2n) is 3.23. The van der Waals surface area contributed by atoms with E-state index in [1.54, 1.807) is 7.11 Å². The molecule has 0 aliphatic carbocycles. The quantitative estimate of drug-likeness (QED) is 0.756. The zero-order chi connectivity index (χ0) is 12.0. The van der Waals surface area contributed by atoms with Gasteiger partial charge in [0.1, 0.15) is 5.01 Å². The van der Waals surface area contributed by atoms with Gasteiger partial charge >= 0.3 is 0 Å². The van der Waals surface area contributed by atoms with Crippen molar-refractivity contribution >= 4 is 22.4 Å². The molecule has 1 unspecified atom stereocenters. The summed E-state index contributed by atoms with van der Waals surface area (Å²) in [6, 6.07) is -0.575. The largest absolute Gasteiger partial charge is 0.385 e. The molecule has 16 heavy (non-hydrogen) atoms. The summed E-state index contributed by atoms with van der Waals surface area (Å²) in [6.45, 7) is 2.45. The number of ether oxygens (including phenoxy) is 1. The van der Waals surface area contributed by atoms with E-state index in [2.05, 4.69) is 15.5 Å². The Bertz CT molecular complexity index is 342. The number of nitrogens with one attached hydrogen (secondary N) is 1. The van der Waals surface area contributed by atoms with Crippen LogP contribution in [0.1, 0.15) is 18.4 Å². The molecule has 0 aliphatic heterocycles. The molecule has 0 spiro atoms. The highest BCUT2D eigenvalue weighted by molar-refractivity contribution is 7.15. The summed E-state index contributed by atoms with van der Waals surface area (Å²) < 4.78 is 4.85. The van der Waals surface area contributed by atoms with Crippen molar-refractivity contribution in [2.24, 2.45) is 5.73 Å². The number of carbonyl (C=O) groups excluding carboxylic acids is 1. The average Bonchev–Trinajstić information content (AvgIpc) is 2.73. The molecule has 0 fully saturated rings. The minimum atomic E-state index is -0.575. The van der Waals surface area contributed by atoms with Crippen LogP contribution in [0.15, 0.2) is 0 Å². The summed E-state index contributed by atoms with van der Waals surface area (Å²) in [7, 11) is 1.57. The minimum absolute atomic E-state index is 0.254. The van der Waals surface area contributed by atoms with Gasteiger partial charge in [-0.2, -0.15) is 0 Å². The fourth-order valence-corrected chi connectivity index (χ4v) is 1.70. The Morgan fingerprint density at radius 3 is 2.94 bits per heavy atom. The molecule has 0 saturated carbocycles. The number of methoxy groups -OCH3 is 1. The summed E-state index contributed by atoms with van der Waals surface area (Å²) in [5.74, 6) is -0.254. The predicted molar refractivity (Wildman–Crippen MR) is 62.4 cm³/mol. The van der Waals surface area contributed by atoms with Gasteiger partial charge in [0, 0.05) is 13.7 Å². The van der Waals surface area contributed by atoms with Crippen LogP contribution in [-0.2, 0) is 16.0 Å². The van der Waals surface area contributed by atoms with Gasteiger partial charge in [0.05, 0.1) is 6.04 Å². The summed E-state index contributed by atoms with van der Waals surface area (Å²) >= 11 is 1.36. The number of hydrogen-bond donors (Lipinski definition) is 2. The molecule has 1 amide bonds. The summed E-state index contributed by atoms with van der Waals surface area (Å²) in [5, 5.41) is 11.8. The Kier molecular flexibility index (Phi) is 5.30. The standard InChI is InChI=1S/C9H16N4O2S/c1-3-7-12-13-9(16-7)11-8(14)6(10)4-5-15-2/h6H,3-5,10H2,1-2H3,(H,11,13,14). The van der Waals surface area contributed by atoms with E-state index < -0.39 is 6.04 Å². The van der Waals surface area contributed by atoms with Crippen LogP contribution in [0.25, 0.3) is 0 Å². The first kappa shape index (κ1) is 13.0. The van der Waals surface area contributed by atoms with E-state index in [0.29, 0.717) is 18.2 Å². The number of nitrogens with zero attached hydrogens (tertiary/aromatic N) is 2. The van der Waals surface area contributed by atoms with Crippen LogP contribution in [-0.4, -0.2) is 35.9 Å². The van der Waals surface area contributed by atoms with Gasteiger partial charge in [-0.1, -0.05) is 18.3 Å². The Morgan fingerprint density at radius 2 is 2.38 bits per heavy atom. The van der Waals surface area contributed by atoms with E-state index in [1.165, 1.54) is 11.3 Å². The van der Waals surface area contributed by atoms with E-state index >= 15 is 0 Å². The fourth-order valence-electron chi connectivity index (χ4n) is 1.02. The minimum Gasteiger partial charge on any atom is -0.385 e. The monoisotopic (exact) mass is 244 g/mol. The number of nitrogens with two attached hydrogens (primary N) is 1. The number of rotatable bonds is 6. The van der Waals surface area contributed by atoms with E-state index in [-0.39, 0.29) is 5.91 Å². The number of amides is 1. The molecule has 3 N–H and O–H groups in total. The van der Waals surface area contributed by atoms with Crippen LogP contribution in [0.4, 0.5) is 5.13 Å². The van der Waals surface area contributed by atoms with Crippen molar-refractivity contribution in [2.45, 2.75) is 25.8 Å². The van der Waals surface area contributed by atoms with Gasteiger partial charge in [0.2, 0.25) is 11.0 Å². The van der Waals surface area contributed by atoms with Crippen LogP contribution in [0.3, 0.4) is 0 Å². The third-order valence-corrected chi connectivity index (χ3v) is 2.95. The van der Waals surface area contributed by atoms with Gasteiger partial charge in [-0.05, 0) is 12.8 Å². The highest BCUT2D eigenvalue weighted by Gasteiger charge is 2.15. The Morgan fingerprint density at radius 1 is 1.62 bits per heavy atom. The first-order valence-corrected chi connectivity index (χ1v) is 5.86. The summed E-state index contributed by atoms with van der Waals surface area (Å²) in [4.78, 5) is 11.6. The maximum Gasteiger partial charge on any atom is 0.243 e. The molecule has 0 radical (unpaired) electrons. The molecule has 1 rings (SSSR count). The lowest BCUT2D eigenvalue weighted by Crippen LogP contribution is -2.36. The third-order valence-electron chi connectivity index (χ3n) is 1.97. The first-order chi connectivity index (χ1) is 7.67. The molecular formula is C9H16N4O2S. The zero-order valence-corrected chi connectivity index (χ0v) is 10.2. The van der Waals surface area contributed by atoms with Crippen LogP contribution in [0, 0.1) is 0 Å². The predicted octanol–water partition coefficient (Wildman–Crippen LogP) is 0.403. The van der Waals surface area contributed by atoms with Crippen molar-refractivity contribution in [2.75, 3.05) is 19.0 Å². The van der Waals surface area contributed by atoms with Crippen LogP contribution in [0.2, 0.25) is 0 Å². The Labute approximate surface area is 98.2 Å². The SMILES string of the molecule is CCc1nnc(NC(=O)C(N)CCOC)s1. The third kappa shape index (κ3) is 3.84. The van der Waals surface area contributed by atoms with Gasteiger partial charge in [-0.25, -0.2) is 0 Å². The summed E-state index contributed by atoms with van der Waals surface area (Å²) in [5.41, 5.74) is 5.65. The average molecular weight is 244 g/mol. The second kappa shape index (κ2) is 6.51. The number of hydrogen-bond acceptors (Lipinski definition) is 6. The maximum atomic E-state index is 11.6. The molecule has 90 valence electrons. The van der Waals surface area contributed by atoms with Crippen molar-refractivity contribution in [1.29, 1.82) is 0 Å². The second-order valence-corrected chi connectivity index (χ2v) is 4.29. The molecule has 0 bridgehead atoms. The zero-order valence-electron chi connectivity index (χ0n) is 9.40. The van der Waals surface area contributed by atoms with E-state index in [9.17, 15) is 4.79 Å². The Hall–Kier alpha value is -1.05. The molecule has 0 saturated heterocycles. The molecule has 6 nitrogen and oxygen atoms in total. The summed E-state index contributed by atoms with van der Waals surface area (Å²) in [6.07, 6.45) is 1.30. The molecule has 1 aromatic heterocycles. The van der Waals surface area contributed by atoms with Gasteiger partial charge < -0.3 is 10.5 Å². The smallest absolute Gasteiger partial charge is 0.243 e.